The van der Waals surface area contributed by atoms with Crippen LogP contribution < -0.4 is 5.32 Å². The van der Waals surface area contributed by atoms with Crippen LogP contribution in [0.1, 0.15) is 43.0 Å². The summed E-state index contributed by atoms with van der Waals surface area (Å²) in [5.41, 5.74) is 1.75. The van der Waals surface area contributed by atoms with Crippen molar-refractivity contribution in [2.24, 2.45) is 5.92 Å². The number of para-hydroxylation sites is 1. The highest BCUT2D eigenvalue weighted by molar-refractivity contribution is 7.13. The van der Waals surface area contributed by atoms with Crippen molar-refractivity contribution in [3.8, 4) is 16.3 Å². The van der Waals surface area contributed by atoms with Gasteiger partial charge >= 0.3 is 5.97 Å². The number of carbonyl (C=O) groups excluding carboxylic acids is 2. The molecule has 4 rings (SSSR count). The largest absolute Gasteiger partial charge is 0.452 e. The number of amides is 1. The Morgan fingerprint density at radius 3 is 2.60 bits per heavy atom. The highest BCUT2D eigenvalue weighted by atomic mass is 32.1. The van der Waals surface area contributed by atoms with Crippen molar-refractivity contribution in [1.29, 1.82) is 0 Å². The summed E-state index contributed by atoms with van der Waals surface area (Å²) < 4.78 is 7.00. The molecule has 2 heterocycles. The van der Waals surface area contributed by atoms with Gasteiger partial charge in [0.1, 0.15) is 11.3 Å². The molecule has 0 unspecified atom stereocenters. The summed E-state index contributed by atoms with van der Waals surface area (Å²) in [6, 6.07) is 13.6. The van der Waals surface area contributed by atoms with Crippen molar-refractivity contribution >= 4 is 23.2 Å². The highest BCUT2D eigenvalue weighted by Gasteiger charge is 2.23. The fourth-order valence-electron chi connectivity index (χ4n) is 3.71. The number of benzene rings is 1. The van der Waals surface area contributed by atoms with Gasteiger partial charge in [-0.25, -0.2) is 9.48 Å². The third kappa shape index (κ3) is 4.79. The highest BCUT2D eigenvalue weighted by Crippen LogP contribution is 2.28. The molecule has 0 bridgehead atoms. The van der Waals surface area contributed by atoms with Crippen molar-refractivity contribution in [1.82, 2.24) is 15.1 Å². The van der Waals surface area contributed by atoms with Crippen LogP contribution in [-0.4, -0.2) is 34.3 Å². The summed E-state index contributed by atoms with van der Waals surface area (Å²) in [7, 11) is 0. The average molecular weight is 424 g/mol. The average Bonchev–Trinajstić information content (AvgIpc) is 3.44. The Morgan fingerprint density at radius 2 is 1.90 bits per heavy atom. The molecular weight excluding hydrogens is 398 g/mol. The molecule has 6 nitrogen and oxygen atoms in total. The third-order valence-corrected chi connectivity index (χ3v) is 6.30. The molecule has 1 saturated carbocycles. The van der Waals surface area contributed by atoms with E-state index in [0.717, 1.165) is 36.2 Å². The van der Waals surface area contributed by atoms with E-state index in [1.54, 1.807) is 10.9 Å². The molecule has 0 radical (unpaired) electrons. The molecule has 1 fully saturated rings. The number of nitrogens with zero attached hydrogens (tertiary/aromatic N) is 2. The maximum Gasteiger partial charge on any atom is 0.342 e. The van der Waals surface area contributed by atoms with E-state index >= 15 is 0 Å². The maximum atomic E-state index is 12.8. The minimum atomic E-state index is -0.548. The summed E-state index contributed by atoms with van der Waals surface area (Å²) in [6.07, 6.45) is 5.86. The summed E-state index contributed by atoms with van der Waals surface area (Å²) in [5.74, 6) is -0.0863. The summed E-state index contributed by atoms with van der Waals surface area (Å²) in [6.45, 7) is 1.95. The minimum Gasteiger partial charge on any atom is -0.452 e. The van der Waals surface area contributed by atoms with Gasteiger partial charge in [0.15, 0.2) is 6.61 Å². The molecule has 30 heavy (non-hydrogen) atoms. The Hall–Kier alpha value is -2.93. The van der Waals surface area contributed by atoms with E-state index in [2.05, 4.69) is 17.3 Å². The van der Waals surface area contributed by atoms with Gasteiger partial charge in [-0.3, -0.25) is 4.79 Å². The molecule has 3 aromatic rings. The number of ether oxygens (including phenoxy) is 1. The third-order valence-electron chi connectivity index (χ3n) is 5.42. The first kappa shape index (κ1) is 20.3. The molecule has 1 aliphatic carbocycles. The SMILES string of the molecule is CC1CCC(NC(=O)COC(=O)c2cn(-c3ccccc3)nc2-c2cccs2)CC1. The Morgan fingerprint density at radius 1 is 1.13 bits per heavy atom. The van der Waals surface area contributed by atoms with Crippen molar-refractivity contribution in [3.05, 3.63) is 59.6 Å². The molecule has 1 aliphatic rings. The zero-order valence-corrected chi connectivity index (χ0v) is 17.7. The van der Waals surface area contributed by atoms with E-state index in [-0.39, 0.29) is 18.6 Å². The molecule has 1 N–H and O–H groups in total. The lowest BCUT2D eigenvalue weighted by atomic mass is 9.87. The summed E-state index contributed by atoms with van der Waals surface area (Å²) in [5, 5.41) is 9.52. The molecule has 7 heteroatoms. The van der Waals surface area contributed by atoms with E-state index in [0.29, 0.717) is 17.2 Å². The summed E-state index contributed by atoms with van der Waals surface area (Å²) in [4.78, 5) is 25.9. The van der Waals surface area contributed by atoms with Crippen molar-refractivity contribution < 1.29 is 14.3 Å². The van der Waals surface area contributed by atoms with Gasteiger partial charge in [0.25, 0.3) is 5.91 Å². The number of carbonyl (C=O) groups is 2. The number of nitrogens with one attached hydrogen (secondary N) is 1. The van der Waals surface area contributed by atoms with Crippen LogP contribution in [0.15, 0.2) is 54.0 Å². The van der Waals surface area contributed by atoms with Crippen molar-refractivity contribution in [3.63, 3.8) is 0 Å². The van der Waals surface area contributed by atoms with Crippen molar-refractivity contribution in [2.75, 3.05) is 6.61 Å². The number of thiophene rings is 1. The lowest BCUT2D eigenvalue weighted by molar-refractivity contribution is -0.125. The van der Waals surface area contributed by atoms with Crippen LogP contribution in [0.4, 0.5) is 0 Å². The standard InChI is InChI=1S/C23H25N3O3S/c1-16-9-11-17(12-10-16)24-21(27)15-29-23(28)19-14-26(18-6-3-2-4-7-18)25-22(19)20-8-5-13-30-20/h2-8,13-14,16-17H,9-12,15H2,1H3,(H,24,27). The zero-order valence-electron chi connectivity index (χ0n) is 16.9. The quantitative estimate of drug-likeness (QED) is 0.595. The molecule has 1 amide bonds. The fraction of sp³-hybridized carbons (Fsp3) is 0.348. The molecule has 0 aliphatic heterocycles. The molecule has 0 spiro atoms. The van der Waals surface area contributed by atoms with E-state index in [1.165, 1.54) is 11.3 Å². The van der Waals surface area contributed by atoms with Gasteiger partial charge in [0, 0.05) is 12.2 Å². The lowest BCUT2D eigenvalue weighted by Gasteiger charge is -2.26. The minimum absolute atomic E-state index is 0.176. The van der Waals surface area contributed by atoms with Crippen molar-refractivity contribution in [2.45, 2.75) is 38.6 Å². The smallest absolute Gasteiger partial charge is 0.342 e. The molecule has 0 atom stereocenters. The first-order chi connectivity index (χ1) is 14.6. The number of aromatic nitrogens is 2. The topological polar surface area (TPSA) is 73.2 Å². The van der Waals surface area contributed by atoms with Gasteiger partial charge in [0.05, 0.1) is 10.6 Å². The van der Waals surface area contributed by atoms with Crippen LogP contribution in [0, 0.1) is 5.92 Å². The van der Waals surface area contributed by atoms with E-state index in [4.69, 9.17) is 4.74 Å². The van der Waals surface area contributed by atoms with Gasteiger partial charge in [-0.1, -0.05) is 31.2 Å². The lowest BCUT2D eigenvalue weighted by Crippen LogP contribution is -2.39. The van der Waals surface area contributed by atoms with Gasteiger partial charge in [-0.2, -0.15) is 5.10 Å². The zero-order chi connectivity index (χ0) is 20.9. The molecule has 2 aromatic heterocycles. The van der Waals surface area contributed by atoms with E-state index in [9.17, 15) is 9.59 Å². The molecular formula is C23H25N3O3S. The van der Waals surface area contributed by atoms with E-state index in [1.807, 2.05) is 47.8 Å². The fourth-order valence-corrected chi connectivity index (χ4v) is 4.44. The second-order valence-electron chi connectivity index (χ2n) is 7.75. The van der Waals surface area contributed by atoms with Crippen LogP contribution in [-0.2, 0) is 9.53 Å². The van der Waals surface area contributed by atoms with Crippen LogP contribution in [0.2, 0.25) is 0 Å². The van der Waals surface area contributed by atoms with Gasteiger partial charge in [0.2, 0.25) is 0 Å². The van der Waals surface area contributed by atoms with Crippen LogP contribution >= 0.6 is 11.3 Å². The van der Waals surface area contributed by atoms with E-state index < -0.39 is 5.97 Å². The van der Waals surface area contributed by atoms with Gasteiger partial charge < -0.3 is 10.1 Å². The molecule has 156 valence electrons. The number of hydrogen-bond donors (Lipinski definition) is 1. The van der Waals surface area contributed by atoms with Gasteiger partial charge in [-0.15, -0.1) is 11.3 Å². The predicted octanol–water partition coefficient (Wildman–Crippen LogP) is 4.45. The molecule has 1 aromatic carbocycles. The van der Waals surface area contributed by atoms with Crippen LogP contribution in [0.25, 0.3) is 16.3 Å². The van der Waals surface area contributed by atoms with Crippen LogP contribution in [0.3, 0.4) is 0 Å². The monoisotopic (exact) mass is 423 g/mol. The van der Waals surface area contributed by atoms with Crippen LogP contribution in [0.5, 0.6) is 0 Å². The second kappa shape index (κ2) is 9.26. The maximum absolute atomic E-state index is 12.8. The Labute approximate surface area is 179 Å². The Bertz CT molecular complexity index is 990. The number of hydrogen-bond acceptors (Lipinski definition) is 5. The first-order valence-corrected chi connectivity index (χ1v) is 11.1. The number of esters is 1. The summed E-state index contributed by atoms with van der Waals surface area (Å²) >= 11 is 1.50. The molecule has 0 saturated heterocycles. The van der Waals surface area contributed by atoms with Gasteiger partial charge in [-0.05, 0) is 55.2 Å². The second-order valence-corrected chi connectivity index (χ2v) is 8.70. The predicted molar refractivity (Wildman–Crippen MR) is 117 cm³/mol. The number of rotatable bonds is 6. The first-order valence-electron chi connectivity index (χ1n) is 10.3. The normalized spacial score (nSPS) is 18.7. The Kier molecular flexibility index (Phi) is 6.28. The Balaban J connectivity index is 1.45.